The maximum atomic E-state index is 12.1. The average Bonchev–Trinajstić information content (AvgIpc) is 2.73. The van der Waals surface area contributed by atoms with Crippen LogP contribution in [0.15, 0.2) is 36.4 Å². The lowest BCUT2D eigenvalue weighted by Gasteiger charge is -2.18. The fourth-order valence-electron chi connectivity index (χ4n) is 2.99. The molecule has 0 unspecified atom stereocenters. The fourth-order valence-corrected chi connectivity index (χ4v) is 2.99. The molecule has 1 heterocycles. The van der Waals surface area contributed by atoms with Crippen molar-refractivity contribution in [3.8, 4) is 11.5 Å². The second-order valence-corrected chi connectivity index (χ2v) is 6.91. The number of para-hydroxylation sites is 1. The first kappa shape index (κ1) is 21.2. The Morgan fingerprint density at radius 3 is 2.40 bits per heavy atom. The molecule has 0 bridgehead atoms. The number of rotatable bonds is 7. The van der Waals surface area contributed by atoms with Gasteiger partial charge in [-0.2, -0.15) is 0 Å². The highest BCUT2D eigenvalue weighted by Gasteiger charge is 2.15. The number of fused-ring (bicyclic) bond motifs is 1. The molecule has 8 heteroatoms. The van der Waals surface area contributed by atoms with Crippen LogP contribution in [0.4, 0.5) is 5.69 Å². The number of benzene rings is 2. The minimum atomic E-state index is -0.554. The Bertz CT molecular complexity index is 936. The monoisotopic (exact) mass is 412 g/mol. The smallest absolute Gasteiger partial charge is 0.310 e. The summed E-state index contributed by atoms with van der Waals surface area (Å²) in [6, 6.07) is 10.9. The van der Waals surface area contributed by atoms with E-state index in [1.54, 1.807) is 18.2 Å². The molecule has 1 aliphatic rings. The summed E-state index contributed by atoms with van der Waals surface area (Å²) >= 11 is 0. The molecule has 0 fully saturated rings. The van der Waals surface area contributed by atoms with Crippen LogP contribution in [0.3, 0.4) is 0 Å². The summed E-state index contributed by atoms with van der Waals surface area (Å²) in [6.07, 6.45) is -0.00301. The summed E-state index contributed by atoms with van der Waals surface area (Å²) < 4.78 is 15.9. The molecule has 158 valence electrons. The van der Waals surface area contributed by atoms with Crippen LogP contribution in [-0.2, 0) is 25.5 Å². The van der Waals surface area contributed by atoms with Crippen LogP contribution >= 0.6 is 0 Å². The minimum Gasteiger partial charge on any atom is -0.486 e. The first-order valence-corrected chi connectivity index (χ1v) is 9.59. The van der Waals surface area contributed by atoms with Gasteiger partial charge in [0.1, 0.15) is 13.2 Å². The fraction of sp³-hybridized carbons (Fsp3) is 0.318. The van der Waals surface area contributed by atoms with Crippen LogP contribution in [0.1, 0.15) is 16.7 Å². The molecule has 0 saturated heterocycles. The molecule has 0 radical (unpaired) electrons. The highest BCUT2D eigenvalue weighted by atomic mass is 16.6. The summed E-state index contributed by atoms with van der Waals surface area (Å²) in [6.45, 7) is 4.06. The summed E-state index contributed by atoms with van der Waals surface area (Å²) in [7, 11) is 0. The minimum absolute atomic E-state index is 0.00301. The van der Waals surface area contributed by atoms with E-state index in [0.29, 0.717) is 30.3 Å². The lowest BCUT2D eigenvalue weighted by atomic mass is 10.1. The van der Waals surface area contributed by atoms with E-state index >= 15 is 0 Å². The molecule has 0 aromatic heterocycles. The summed E-state index contributed by atoms with van der Waals surface area (Å²) in [4.78, 5) is 35.9. The Morgan fingerprint density at radius 1 is 0.967 bits per heavy atom. The van der Waals surface area contributed by atoms with Gasteiger partial charge in [0.15, 0.2) is 18.1 Å². The normalized spacial score (nSPS) is 12.1. The van der Waals surface area contributed by atoms with Gasteiger partial charge in [-0.15, -0.1) is 0 Å². The van der Waals surface area contributed by atoms with E-state index in [1.165, 1.54) is 0 Å². The van der Waals surface area contributed by atoms with E-state index in [0.717, 1.165) is 16.8 Å². The van der Waals surface area contributed by atoms with Gasteiger partial charge >= 0.3 is 5.97 Å². The lowest BCUT2D eigenvalue weighted by Crippen LogP contribution is -2.35. The van der Waals surface area contributed by atoms with Crippen LogP contribution in [0.2, 0.25) is 0 Å². The second kappa shape index (κ2) is 9.78. The first-order chi connectivity index (χ1) is 14.4. The van der Waals surface area contributed by atoms with Crippen molar-refractivity contribution in [2.24, 2.45) is 0 Å². The number of ether oxygens (including phenoxy) is 3. The maximum absolute atomic E-state index is 12.1. The molecule has 2 N–H and O–H groups in total. The van der Waals surface area contributed by atoms with Crippen molar-refractivity contribution in [3.63, 3.8) is 0 Å². The molecule has 2 aromatic rings. The van der Waals surface area contributed by atoms with Crippen molar-refractivity contribution in [3.05, 3.63) is 53.1 Å². The molecule has 8 nitrogen and oxygen atoms in total. The molecule has 0 aliphatic carbocycles. The molecule has 0 atom stereocenters. The van der Waals surface area contributed by atoms with Gasteiger partial charge in [0.25, 0.3) is 5.91 Å². The molecule has 0 saturated carbocycles. The van der Waals surface area contributed by atoms with Gasteiger partial charge in [0.2, 0.25) is 5.91 Å². The third-order valence-corrected chi connectivity index (χ3v) is 4.51. The lowest BCUT2D eigenvalue weighted by molar-refractivity contribution is -0.147. The number of carbonyl (C=O) groups excluding carboxylic acids is 3. The van der Waals surface area contributed by atoms with Gasteiger partial charge in [-0.25, -0.2) is 0 Å². The number of aryl methyl sites for hydroxylation is 2. The van der Waals surface area contributed by atoms with Gasteiger partial charge in [-0.05, 0) is 42.7 Å². The van der Waals surface area contributed by atoms with Crippen molar-refractivity contribution < 1.29 is 28.6 Å². The van der Waals surface area contributed by atoms with Gasteiger partial charge in [-0.3, -0.25) is 14.4 Å². The van der Waals surface area contributed by atoms with Gasteiger partial charge in [-0.1, -0.05) is 24.3 Å². The molecule has 0 spiro atoms. The summed E-state index contributed by atoms with van der Waals surface area (Å²) in [5, 5.41) is 5.21. The highest BCUT2D eigenvalue weighted by Crippen LogP contribution is 2.30. The van der Waals surface area contributed by atoms with Crippen molar-refractivity contribution in [1.82, 2.24) is 5.32 Å². The summed E-state index contributed by atoms with van der Waals surface area (Å²) in [5.74, 6) is -0.247. The summed E-state index contributed by atoms with van der Waals surface area (Å²) in [5.41, 5.74) is 3.28. The molecule has 3 rings (SSSR count). The van der Waals surface area contributed by atoms with E-state index in [4.69, 9.17) is 14.2 Å². The molecule has 1 aliphatic heterocycles. The predicted molar refractivity (Wildman–Crippen MR) is 110 cm³/mol. The number of amides is 2. The predicted octanol–water partition coefficient (Wildman–Crippen LogP) is 1.92. The molecule has 2 amide bonds. The quantitative estimate of drug-likeness (QED) is 0.674. The SMILES string of the molecule is Cc1cccc(C)c1NC(=O)CNC(=O)COC(=O)Cc1ccc2c(c1)OCCO2. The Morgan fingerprint density at radius 2 is 1.67 bits per heavy atom. The Labute approximate surface area is 174 Å². The number of carbonyl (C=O) groups is 3. The molecular weight excluding hydrogens is 388 g/mol. The number of nitrogens with one attached hydrogen (secondary N) is 2. The van der Waals surface area contributed by atoms with E-state index in [9.17, 15) is 14.4 Å². The maximum Gasteiger partial charge on any atom is 0.310 e. The zero-order chi connectivity index (χ0) is 21.5. The van der Waals surface area contributed by atoms with Crippen LogP contribution in [0, 0.1) is 13.8 Å². The van der Waals surface area contributed by atoms with Crippen molar-refractivity contribution >= 4 is 23.5 Å². The number of esters is 1. The highest BCUT2D eigenvalue weighted by molar-refractivity contribution is 5.96. The van der Waals surface area contributed by atoms with Crippen molar-refractivity contribution in [1.29, 1.82) is 0 Å². The van der Waals surface area contributed by atoms with Crippen LogP contribution in [-0.4, -0.2) is 44.1 Å². The zero-order valence-electron chi connectivity index (χ0n) is 16.9. The standard InChI is InChI=1S/C22H24N2O6/c1-14-4-3-5-15(2)22(14)24-19(25)12-23-20(26)13-30-21(27)11-16-6-7-17-18(10-16)29-9-8-28-17/h3-7,10H,8-9,11-13H2,1-2H3,(H,23,26)(H,24,25). The Balaban J connectivity index is 1.40. The number of hydrogen-bond acceptors (Lipinski definition) is 6. The van der Waals surface area contributed by atoms with Crippen LogP contribution in [0.25, 0.3) is 0 Å². The topological polar surface area (TPSA) is 103 Å². The van der Waals surface area contributed by atoms with E-state index in [-0.39, 0.29) is 18.9 Å². The van der Waals surface area contributed by atoms with Gasteiger partial charge in [0.05, 0.1) is 13.0 Å². The van der Waals surface area contributed by atoms with Crippen LogP contribution in [0.5, 0.6) is 11.5 Å². The van der Waals surface area contributed by atoms with Gasteiger partial charge in [0, 0.05) is 5.69 Å². The molecule has 2 aromatic carbocycles. The van der Waals surface area contributed by atoms with Gasteiger partial charge < -0.3 is 24.8 Å². The average molecular weight is 412 g/mol. The largest absolute Gasteiger partial charge is 0.486 e. The van der Waals surface area contributed by atoms with E-state index in [1.807, 2.05) is 32.0 Å². The molecular formula is C22H24N2O6. The second-order valence-electron chi connectivity index (χ2n) is 6.91. The Hall–Kier alpha value is -3.55. The Kier molecular flexibility index (Phi) is 6.90. The number of hydrogen-bond donors (Lipinski definition) is 2. The van der Waals surface area contributed by atoms with Crippen molar-refractivity contribution in [2.75, 3.05) is 31.7 Å². The third-order valence-electron chi connectivity index (χ3n) is 4.51. The number of anilines is 1. The zero-order valence-corrected chi connectivity index (χ0v) is 16.9. The van der Waals surface area contributed by atoms with Crippen molar-refractivity contribution in [2.45, 2.75) is 20.3 Å². The third kappa shape index (κ3) is 5.73. The molecule has 30 heavy (non-hydrogen) atoms. The van der Waals surface area contributed by atoms with Crippen LogP contribution < -0.4 is 20.1 Å². The van der Waals surface area contributed by atoms with E-state index < -0.39 is 18.5 Å². The van der Waals surface area contributed by atoms with E-state index in [2.05, 4.69) is 10.6 Å². The first-order valence-electron chi connectivity index (χ1n) is 9.59.